The van der Waals surface area contributed by atoms with Crippen LogP contribution < -0.4 is 5.56 Å². The summed E-state index contributed by atoms with van der Waals surface area (Å²) in [5.41, 5.74) is 3.43. The Morgan fingerprint density at radius 2 is 2.31 bits per heavy atom. The number of hydrogen-bond acceptors (Lipinski definition) is 4. The van der Waals surface area contributed by atoms with E-state index in [2.05, 4.69) is 23.0 Å². The standard InChI is InChI=1S/C21H19N3OS/c1-12-4-3-5-14(8-12)10-15(11-22)19-23-20(25)18-16-7-6-13(2)9-17(16)26-21(18)24-19/h3-5,8,10,13H,6-7,9H2,1-2H3,(H,23,24,25)/b15-10+. The average molecular weight is 361 g/mol. The van der Waals surface area contributed by atoms with E-state index in [9.17, 15) is 10.1 Å². The van der Waals surface area contributed by atoms with Gasteiger partial charge in [-0.15, -0.1) is 11.3 Å². The molecule has 1 unspecified atom stereocenters. The van der Waals surface area contributed by atoms with Gasteiger partial charge >= 0.3 is 0 Å². The van der Waals surface area contributed by atoms with Crippen LogP contribution in [0.3, 0.4) is 0 Å². The normalized spacial score (nSPS) is 17.1. The number of rotatable bonds is 2. The molecule has 2 heterocycles. The van der Waals surface area contributed by atoms with E-state index in [0.29, 0.717) is 22.7 Å². The van der Waals surface area contributed by atoms with Crippen LogP contribution in [0.25, 0.3) is 21.9 Å². The van der Waals surface area contributed by atoms with Crippen molar-refractivity contribution in [1.29, 1.82) is 5.26 Å². The quantitative estimate of drug-likeness (QED) is 0.684. The van der Waals surface area contributed by atoms with E-state index < -0.39 is 0 Å². The van der Waals surface area contributed by atoms with Gasteiger partial charge in [0.15, 0.2) is 5.82 Å². The summed E-state index contributed by atoms with van der Waals surface area (Å²) in [6.07, 6.45) is 4.82. The largest absolute Gasteiger partial charge is 0.305 e. The van der Waals surface area contributed by atoms with E-state index in [4.69, 9.17) is 0 Å². The van der Waals surface area contributed by atoms with Crippen LogP contribution in [0.15, 0.2) is 29.1 Å². The van der Waals surface area contributed by atoms with Crippen LogP contribution in [0.4, 0.5) is 0 Å². The molecule has 1 aliphatic rings. The zero-order valence-electron chi connectivity index (χ0n) is 14.8. The van der Waals surface area contributed by atoms with E-state index in [0.717, 1.165) is 40.8 Å². The molecule has 0 radical (unpaired) electrons. The number of benzene rings is 1. The molecule has 2 aromatic heterocycles. The molecule has 3 aromatic rings. The number of nitriles is 1. The first kappa shape index (κ1) is 16.7. The minimum Gasteiger partial charge on any atom is -0.305 e. The van der Waals surface area contributed by atoms with E-state index in [1.165, 1.54) is 4.88 Å². The minimum absolute atomic E-state index is 0.137. The summed E-state index contributed by atoms with van der Waals surface area (Å²) in [5, 5.41) is 10.3. The molecule has 1 atom stereocenters. The Hall–Kier alpha value is -2.71. The number of aromatic nitrogens is 2. The molecule has 0 aliphatic heterocycles. The number of aryl methyl sites for hydroxylation is 2. The SMILES string of the molecule is Cc1cccc(/C=C(\C#N)c2nc3sc4c(c3c(=O)[nH]2)CCC(C)C4)c1. The second-order valence-electron chi connectivity index (χ2n) is 7.03. The first-order chi connectivity index (χ1) is 12.5. The van der Waals surface area contributed by atoms with Gasteiger partial charge in [-0.3, -0.25) is 4.79 Å². The zero-order valence-corrected chi connectivity index (χ0v) is 15.6. The van der Waals surface area contributed by atoms with Gasteiger partial charge in [-0.25, -0.2) is 4.98 Å². The third kappa shape index (κ3) is 2.97. The Bertz CT molecular complexity index is 1130. The van der Waals surface area contributed by atoms with Crippen molar-refractivity contribution in [3.05, 3.63) is 62.0 Å². The van der Waals surface area contributed by atoms with E-state index in [1.54, 1.807) is 17.4 Å². The fourth-order valence-corrected chi connectivity index (χ4v) is 4.94. The number of nitrogens with one attached hydrogen (secondary N) is 1. The Kier molecular flexibility index (Phi) is 4.21. The Labute approximate surface area is 155 Å². The number of thiophene rings is 1. The third-order valence-corrected chi connectivity index (χ3v) is 6.04. The van der Waals surface area contributed by atoms with Crippen LogP contribution in [0.5, 0.6) is 0 Å². The number of fused-ring (bicyclic) bond motifs is 3. The Balaban J connectivity index is 1.84. The van der Waals surface area contributed by atoms with Gasteiger partial charge in [-0.2, -0.15) is 5.26 Å². The summed E-state index contributed by atoms with van der Waals surface area (Å²) in [5.74, 6) is 0.989. The molecular formula is C21H19N3OS. The number of allylic oxidation sites excluding steroid dienone is 1. The first-order valence-corrected chi connectivity index (χ1v) is 9.60. The van der Waals surface area contributed by atoms with Crippen molar-refractivity contribution in [3.63, 3.8) is 0 Å². The average Bonchev–Trinajstić information content (AvgIpc) is 2.97. The van der Waals surface area contributed by atoms with Gasteiger partial charge in [-0.1, -0.05) is 36.8 Å². The summed E-state index contributed by atoms with van der Waals surface area (Å²) in [6, 6.07) is 10.1. The lowest BCUT2D eigenvalue weighted by atomic mass is 9.89. The molecule has 1 aromatic carbocycles. The van der Waals surface area contributed by atoms with Gasteiger partial charge in [0.05, 0.1) is 11.0 Å². The van der Waals surface area contributed by atoms with Crippen molar-refractivity contribution in [1.82, 2.24) is 9.97 Å². The van der Waals surface area contributed by atoms with Crippen molar-refractivity contribution < 1.29 is 0 Å². The van der Waals surface area contributed by atoms with E-state index in [-0.39, 0.29) is 5.56 Å². The number of hydrogen-bond donors (Lipinski definition) is 1. The Morgan fingerprint density at radius 1 is 1.46 bits per heavy atom. The van der Waals surface area contributed by atoms with Gasteiger partial charge in [-0.05, 0) is 49.3 Å². The highest BCUT2D eigenvalue weighted by atomic mass is 32.1. The maximum Gasteiger partial charge on any atom is 0.260 e. The van der Waals surface area contributed by atoms with Crippen LogP contribution in [0.2, 0.25) is 0 Å². The molecule has 0 fully saturated rings. The van der Waals surface area contributed by atoms with Gasteiger partial charge in [0.2, 0.25) is 0 Å². The Morgan fingerprint density at radius 3 is 3.08 bits per heavy atom. The lowest BCUT2D eigenvalue weighted by Crippen LogP contribution is -2.14. The second-order valence-corrected chi connectivity index (χ2v) is 8.11. The summed E-state index contributed by atoms with van der Waals surface area (Å²) < 4.78 is 0. The molecule has 0 amide bonds. The molecule has 26 heavy (non-hydrogen) atoms. The first-order valence-electron chi connectivity index (χ1n) is 8.78. The topological polar surface area (TPSA) is 69.5 Å². The van der Waals surface area contributed by atoms with Crippen LogP contribution in [-0.2, 0) is 12.8 Å². The number of H-pyrrole nitrogens is 1. The third-order valence-electron chi connectivity index (χ3n) is 4.89. The molecule has 1 aliphatic carbocycles. The number of aromatic amines is 1. The molecule has 1 N–H and O–H groups in total. The highest BCUT2D eigenvalue weighted by Crippen LogP contribution is 2.35. The van der Waals surface area contributed by atoms with E-state index in [1.807, 2.05) is 31.2 Å². The maximum atomic E-state index is 12.7. The number of nitrogens with zero attached hydrogens (tertiary/aromatic N) is 2. The zero-order chi connectivity index (χ0) is 18.3. The minimum atomic E-state index is -0.137. The molecule has 0 spiro atoms. The highest BCUT2D eigenvalue weighted by molar-refractivity contribution is 7.18. The predicted molar refractivity (Wildman–Crippen MR) is 106 cm³/mol. The highest BCUT2D eigenvalue weighted by Gasteiger charge is 2.23. The molecule has 0 saturated carbocycles. The summed E-state index contributed by atoms with van der Waals surface area (Å²) in [7, 11) is 0. The van der Waals surface area contributed by atoms with Crippen LogP contribution in [0, 0.1) is 24.2 Å². The molecule has 130 valence electrons. The lowest BCUT2D eigenvalue weighted by Gasteiger charge is -2.17. The summed E-state index contributed by atoms with van der Waals surface area (Å²) in [4.78, 5) is 22.2. The maximum absolute atomic E-state index is 12.7. The van der Waals surface area contributed by atoms with E-state index >= 15 is 0 Å². The molecule has 4 nitrogen and oxygen atoms in total. The van der Waals surface area contributed by atoms with Gasteiger partial charge in [0.25, 0.3) is 5.56 Å². The second kappa shape index (κ2) is 6.54. The summed E-state index contributed by atoms with van der Waals surface area (Å²) >= 11 is 1.60. The summed E-state index contributed by atoms with van der Waals surface area (Å²) in [6.45, 7) is 4.25. The lowest BCUT2D eigenvalue weighted by molar-refractivity contribution is 0.509. The van der Waals surface area contributed by atoms with Crippen molar-refractivity contribution in [3.8, 4) is 6.07 Å². The van der Waals surface area contributed by atoms with Gasteiger partial charge in [0.1, 0.15) is 10.9 Å². The van der Waals surface area contributed by atoms with Crippen molar-refractivity contribution in [2.75, 3.05) is 0 Å². The van der Waals surface area contributed by atoms with Crippen LogP contribution in [0.1, 0.15) is 40.7 Å². The monoisotopic (exact) mass is 361 g/mol. The molecule has 4 rings (SSSR count). The molecule has 0 bridgehead atoms. The van der Waals surface area contributed by atoms with Gasteiger partial charge < -0.3 is 4.98 Å². The molecular weight excluding hydrogens is 342 g/mol. The predicted octanol–water partition coefficient (Wildman–Crippen LogP) is 4.48. The molecule has 5 heteroatoms. The van der Waals surface area contributed by atoms with Crippen LogP contribution in [-0.4, -0.2) is 9.97 Å². The fraction of sp³-hybridized carbons (Fsp3) is 0.286. The van der Waals surface area contributed by atoms with Gasteiger partial charge in [0, 0.05) is 4.88 Å². The fourth-order valence-electron chi connectivity index (χ4n) is 3.56. The molecule has 0 saturated heterocycles. The van der Waals surface area contributed by atoms with Crippen molar-refractivity contribution in [2.45, 2.75) is 33.1 Å². The van der Waals surface area contributed by atoms with Crippen molar-refractivity contribution >= 4 is 33.2 Å². The smallest absolute Gasteiger partial charge is 0.260 e. The van der Waals surface area contributed by atoms with Crippen LogP contribution >= 0.6 is 11.3 Å². The van der Waals surface area contributed by atoms with Crippen molar-refractivity contribution in [2.24, 2.45) is 5.92 Å².